The van der Waals surface area contributed by atoms with Crippen molar-refractivity contribution < 1.29 is 4.79 Å². The van der Waals surface area contributed by atoms with E-state index in [1.165, 1.54) is 0 Å². The SMILES string of the molecule is CC(=O)c1cnn2c1CSCC2. The van der Waals surface area contributed by atoms with Crippen molar-refractivity contribution in [1.82, 2.24) is 9.78 Å². The Morgan fingerprint density at radius 1 is 1.75 bits per heavy atom. The summed E-state index contributed by atoms with van der Waals surface area (Å²) >= 11 is 1.86. The second kappa shape index (κ2) is 2.94. The smallest absolute Gasteiger partial charge is 0.163 e. The van der Waals surface area contributed by atoms with E-state index in [9.17, 15) is 4.79 Å². The standard InChI is InChI=1S/C8H10N2OS/c1-6(11)7-4-9-10-2-3-12-5-8(7)10/h4H,2-3,5H2,1H3. The highest BCUT2D eigenvalue weighted by atomic mass is 32.2. The molecule has 0 aliphatic carbocycles. The van der Waals surface area contributed by atoms with Gasteiger partial charge in [-0.2, -0.15) is 16.9 Å². The number of thioether (sulfide) groups is 1. The minimum atomic E-state index is 0.124. The van der Waals surface area contributed by atoms with Crippen LogP contribution in [0.15, 0.2) is 6.20 Å². The molecule has 1 aromatic heterocycles. The molecule has 0 bridgehead atoms. The molecule has 0 saturated carbocycles. The quantitative estimate of drug-likeness (QED) is 0.615. The summed E-state index contributed by atoms with van der Waals surface area (Å²) in [6.07, 6.45) is 1.68. The van der Waals surface area contributed by atoms with Crippen LogP contribution in [0.3, 0.4) is 0 Å². The lowest BCUT2D eigenvalue weighted by molar-refractivity contribution is 0.101. The number of carbonyl (C=O) groups is 1. The number of Topliss-reactive ketones (excluding diaryl/α,β-unsaturated/α-hetero) is 1. The van der Waals surface area contributed by atoms with Gasteiger partial charge in [-0.3, -0.25) is 9.48 Å². The third-order valence-electron chi connectivity index (χ3n) is 2.01. The summed E-state index contributed by atoms with van der Waals surface area (Å²) in [5.74, 6) is 2.15. The molecule has 0 amide bonds. The van der Waals surface area contributed by atoms with Crippen molar-refractivity contribution in [2.45, 2.75) is 19.2 Å². The Bertz CT molecular complexity index is 319. The predicted molar refractivity (Wildman–Crippen MR) is 48.4 cm³/mol. The van der Waals surface area contributed by atoms with E-state index >= 15 is 0 Å². The normalized spacial score (nSPS) is 15.8. The number of hydrogen-bond acceptors (Lipinski definition) is 3. The third-order valence-corrected chi connectivity index (χ3v) is 2.96. The summed E-state index contributed by atoms with van der Waals surface area (Å²) in [6.45, 7) is 2.53. The highest BCUT2D eigenvalue weighted by molar-refractivity contribution is 7.98. The van der Waals surface area contributed by atoms with Gasteiger partial charge in [-0.1, -0.05) is 0 Å². The van der Waals surface area contributed by atoms with Crippen molar-refractivity contribution in [3.8, 4) is 0 Å². The molecule has 0 atom stereocenters. The van der Waals surface area contributed by atoms with Crippen LogP contribution in [0.25, 0.3) is 0 Å². The lowest BCUT2D eigenvalue weighted by Crippen LogP contribution is -2.13. The fourth-order valence-electron chi connectivity index (χ4n) is 1.37. The first-order valence-corrected chi connectivity index (χ1v) is 5.08. The highest BCUT2D eigenvalue weighted by Gasteiger charge is 2.16. The second-order valence-electron chi connectivity index (χ2n) is 2.84. The largest absolute Gasteiger partial charge is 0.294 e. The molecular weight excluding hydrogens is 172 g/mol. The van der Waals surface area contributed by atoms with Crippen LogP contribution in [0.2, 0.25) is 0 Å². The zero-order valence-corrected chi connectivity index (χ0v) is 7.73. The van der Waals surface area contributed by atoms with Crippen LogP contribution in [0.4, 0.5) is 0 Å². The van der Waals surface area contributed by atoms with E-state index in [-0.39, 0.29) is 5.78 Å². The van der Waals surface area contributed by atoms with Crippen molar-refractivity contribution >= 4 is 17.5 Å². The van der Waals surface area contributed by atoms with Crippen LogP contribution in [-0.2, 0) is 12.3 Å². The maximum atomic E-state index is 11.1. The highest BCUT2D eigenvalue weighted by Crippen LogP contribution is 2.21. The summed E-state index contributed by atoms with van der Waals surface area (Å²) < 4.78 is 1.94. The molecular formula is C8H10N2OS. The summed E-state index contributed by atoms with van der Waals surface area (Å²) in [4.78, 5) is 11.1. The van der Waals surface area contributed by atoms with Crippen LogP contribution < -0.4 is 0 Å². The second-order valence-corrected chi connectivity index (χ2v) is 3.94. The number of rotatable bonds is 1. The Morgan fingerprint density at radius 3 is 3.33 bits per heavy atom. The maximum Gasteiger partial charge on any atom is 0.163 e. The number of hydrogen-bond donors (Lipinski definition) is 0. The van der Waals surface area contributed by atoms with E-state index in [1.54, 1.807) is 13.1 Å². The van der Waals surface area contributed by atoms with Gasteiger partial charge in [0, 0.05) is 11.5 Å². The lowest BCUT2D eigenvalue weighted by Gasteiger charge is -2.13. The van der Waals surface area contributed by atoms with Gasteiger partial charge in [-0.05, 0) is 6.92 Å². The van der Waals surface area contributed by atoms with Gasteiger partial charge < -0.3 is 0 Å². The number of carbonyl (C=O) groups excluding carboxylic acids is 1. The van der Waals surface area contributed by atoms with Crippen molar-refractivity contribution in [3.63, 3.8) is 0 Å². The van der Waals surface area contributed by atoms with E-state index in [4.69, 9.17) is 0 Å². The molecule has 1 aromatic rings. The number of aromatic nitrogens is 2. The Kier molecular flexibility index (Phi) is 1.92. The van der Waals surface area contributed by atoms with Crippen molar-refractivity contribution in [3.05, 3.63) is 17.5 Å². The molecule has 64 valence electrons. The molecule has 0 aromatic carbocycles. The topological polar surface area (TPSA) is 34.9 Å². The van der Waals surface area contributed by atoms with Gasteiger partial charge in [0.1, 0.15) is 0 Å². The van der Waals surface area contributed by atoms with E-state index in [0.29, 0.717) is 0 Å². The Labute approximate surface area is 75.1 Å². The molecule has 0 spiro atoms. The van der Waals surface area contributed by atoms with Gasteiger partial charge in [0.05, 0.1) is 24.0 Å². The monoisotopic (exact) mass is 182 g/mol. The average Bonchev–Trinajstić information content (AvgIpc) is 2.47. The lowest BCUT2D eigenvalue weighted by atomic mass is 10.2. The van der Waals surface area contributed by atoms with E-state index < -0.39 is 0 Å². The van der Waals surface area contributed by atoms with E-state index in [2.05, 4.69) is 5.10 Å². The molecule has 0 unspecified atom stereocenters. The van der Waals surface area contributed by atoms with Crippen LogP contribution in [-0.4, -0.2) is 21.3 Å². The van der Waals surface area contributed by atoms with Crippen LogP contribution in [0.1, 0.15) is 23.0 Å². The molecule has 2 rings (SSSR count). The number of aryl methyl sites for hydroxylation is 1. The maximum absolute atomic E-state index is 11.1. The molecule has 2 heterocycles. The summed E-state index contributed by atoms with van der Waals surface area (Å²) in [7, 11) is 0. The first-order valence-electron chi connectivity index (χ1n) is 3.92. The Hall–Kier alpha value is -0.770. The summed E-state index contributed by atoms with van der Waals surface area (Å²) in [5.41, 5.74) is 1.89. The minimum Gasteiger partial charge on any atom is -0.294 e. The first kappa shape index (κ1) is 7.86. The number of ketones is 1. The molecule has 4 heteroatoms. The predicted octanol–water partition coefficient (Wildman–Crippen LogP) is 1.33. The van der Waals surface area contributed by atoms with Gasteiger partial charge >= 0.3 is 0 Å². The zero-order valence-electron chi connectivity index (χ0n) is 6.91. The third kappa shape index (κ3) is 1.16. The molecule has 0 radical (unpaired) electrons. The van der Waals surface area contributed by atoms with Gasteiger partial charge in [-0.15, -0.1) is 0 Å². The summed E-state index contributed by atoms with van der Waals surface area (Å²) in [6, 6.07) is 0. The molecule has 0 N–H and O–H groups in total. The molecule has 0 fully saturated rings. The molecule has 1 aliphatic heterocycles. The van der Waals surface area contributed by atoms with Crippen LogP contribution >= 0.6 is 11.8 Å². The van der Waals surface area contributed by atoms with Gasteiger partial charge in [0.2, 0.25) is 0 Å². The molecule has 1 aliphatic rings. The van der Waals surface area contributed by atoms with Crippen LogP contribution in [0.5, 0.6) is 0 Å². The fourth-order valence-corrected chi connectivity index (χ4v) is 2.31. The van der Waals surface area contributed by atoms with Gasteiger partial charge in [0.15, 0.2) is 5.78 Å². The van der Waals surface area contributed by atoms with E-state index in [1.807, 2.05) is 16.4 Å². The molecule has 0 saturated heterocycles. The van der Waals surface area contributed by atoms with Gasteiger partial charge in [-0.25, -0.2) is 0 Å². The number of fused-ring (bicyclic) bond motifs is 1. The summed E-state index contributed by atoms with van der Waals surface area (Å²) in [5, 5.41) is 4.16. The van der Waals surface area contributed by atoms with Gasteiger partial charge in [0.25, 0.3) is 0 Å². The fraction of sp³-hybridized carbons (Fsp3) is 0.500. The molecule has 3 nitrogen and oxygen atoms in total. The van der Waals surface area contributed by atoms with Crippen LogP contribution in [0, 0.1) is 0 Å². The first-order chi connectivity index (χ1) is 5.79. The zero-order chi connectivity index (χ0) is 8.55. The van der Waals surface area contributed by atoms with E-state index in [0.717, 1.165) is 29.3 Å². The number of nitrogens with zero attached hydrogens (tertiary/aromatic N) is 2. The molecule has 12 heavy (non-hydrogen) atoms. The Balaban J connectivity index is 2.44. The Morgan fingerprint density at radius 2 is 2.58 bits per heavy atom. The van der Waals surface area contributed by atoms with Crippen molar-refractivity contribution in [1.29, 1.82) is 0 Å². The minimum absolute atomic E-state index is 0.124. The van der Waals surface area contributed by atoms with Crippen molar-refractivity contribution in [2.75, 3.05) is 5.75 Å². The average molecular weight is 182 g/mol. The van der Waals surface area contributed by atoms with Crippen molar-refractivity contribution in [2.24, 2.45) is 0 Å².